The number of carbonyl (C=O) groups is 4. The zero-order chi connectivity index (χ0) is 80.4. The Hall–Kier alpha value is -12.8. The lowest BCUT2D eigenvalue weighted by Gasteiger charge is -2.33. The number of fused-ring (bicyclic) bond motifs is 10. The van der Waals surface area contributed by atoms with Crippen LogP contribution < -0.4 is 28.4 Å². The van der Waals surface area contributed by atoms with Gasteiger partial charge in [-0.1, -0.05) is 66.7 Å². The van der Waals surface area contributed by atoms with E-state index >= 15 is 0 Å². The molecule has 8 aliphatic rings. The predicted octanol–water partition coefficient (Wildman–Crippen LogP) is 13.0. The van der Waals surface area contributed by atoms with Crippen LogP contribution in [-0.4, -0.2) is 196 Å². The molecule has 8 fully saturated rings. The largest absolute Gasteiger partial charge is 0.493 e. The van der Waals surface area contributed by atoms with E-state index in [9.17, 15) is 19.2 Å². The normalized spacial score (nSPS) is 22.7. The van der Waals surface area contributed by atoms with Crippen molar-refractivity contribution >= 4 is 45.3 Å². The summed E-state index contributed by atoms with van der Waals surface area (Å²) >= 11 is 0. The van der Waals surface area contributed by atoms with Gasteiger partial charge in [0, 0.05) is 110 Å². The number of benzene rings is 3. The van der Waals surface area contributed by atoms with Crippen LogP contribution in [0.1, 0.15) is 135 Å². The van der Waals surface area contributed by atoms with Gasteiger partial charge in [0.2, 0.25) is 29.4 Å². The molecule has 3 aromatic carbocycles. The number of aryl methyl sites for hydroxylation is 5. The van der Waals surface area contributed by atoms with E-state index in [1.807, 2.05) is 208 Å². The van der Waals surface area contributed by atoms with E-state index in [4.69, 9.17) is 28.4 Å². The highest BCUT2D eigenvalue weighted by molar-refractivity contribution is 6.10. The van der Waals surface area contributed by atoms with Gasteiger partial charge in [-0.3, -0.25) is 24.2 Å². The maximum absolute atomic E-state index is 13.7. The second-order valence-corrected chi connectivity index (χ2v) is 31.7. The van der Waals surface area contributed by atoms with Gasteiger partial charge < -0.3 is 48.0 Å². The molecule has 9 aromatic heterocycles. The fourth-order valence-corrected chi connectivity index (χ4v) is 18.2. The summed E-state index contributed by atoms with van der Waals surface area (Å²) in [6.45, 7) is 17.7. The van der Waals surface area contributed by atoms with Crippen molar-refractivity contribution in [3.05, 3.63) is 246 Å². The van der Waals surface area contributed by atoms with Gasteiger partial charge in [0.15, 0.2) is 5.69 Å². The molecule has 27 heteroatoms. The molecular formula is C90H93N17O10. The maximum atomic E-state index is 13.7. The number of pyridine rings is 7. The number of amides is 4. The highest BCUT2D eigenvalue weighted by Gasteiger charge is 2.53. The number of hydrogen-bond donors (Lipinski definition) is 0. The van der Waals surface area contributed by atoms with E-state index in [2.05, 4.69) is 55.3 Å². The first-order valence-corrected chi connectivity index (χ1v) is 40.5. The Morgan fingerprint density at radius 2 is 0.795 bits per heavy atom. The molecule has 27 nitrogen and oxygen atoms in total. The van der Waals surface area contributed by atoms with Crippen LogP contribution in [0.25, 0.3) is 33.1 Å². The number of aromatic nitrogens is 13. The number of hydrogen-bond acceptors (Lipinski definition) is 21. The molecular weight excluding hydrogens is 1480 g/mol. The van der Waals surface area contributed by atoms with Crippen molar-refractivity contribution in [3.8, 4) is 46.5 Å². The first-order chi connectivity index (χ1) is 57.0. The number of rotatable bonds is 18. The van der Waals surface area contributed by atoms with E-state index in [0.29, 0.717) is 111 Å². The van der Waals surface area contributed by atoms with E-state index in [-0.39, 0.29) is 72.2 Å². The SMILES string of the molecule is CCOc1ccc2cccnc2c1C(=O)N1CC2CC(Oc3ccc(C)cn3)C1C2.CCOc1ncc2ccccc2c1C(=O)N1CC2CC(Oc3ccc(C)cn3)C1C2.Cc1ccc(OC2CC3CC2N(C(=O)c2ccccc2-n2nccn2)C3)nc1.Cc1ccc(OC2CC3CC2N(C(=O)c2ncc(C)cc2-n2nccn2)C3)nc1. The summed E-state index contributed by atoms with van der Waals surface area (Å²) in [5.41, 5.74) is 9.39. The molecule has 4 saturated carbocycles. The topological polar surface area (TPSA) is 288 Å². The Balaban J connectivity index is 0.000000112. The van der Waals surface area contributed by atoms with Crippen molar-refractivity contribution < 1.29 is 47.6 Å². The first-order valence-electron chi connectivity index (χ1n) is 40.5. The van der Waals surface area contributed by atoms with E-state index in [1.165, 1.54) is 9.59 Å². The third-order valence-electron chi connectivity index (χ3n) is 23.5. The highest BCUT2D eigenvalue weighted by atomic mass is 16.5. The average molecular weight is 1570 g/mol. The molecule has 12 aromatic rings. The van der Waals surface area contributed by atoms with E-state index in [0.717, 1.165) is 122 Å². The third-order valence-corrected chi connectivity index (χ3v) is 23.5. The molecule has 12 unspecified atom stereocenters. The molecule has 4 saturated heterocycles. The lowest BCUT2D eigenvalue weighted by molar-refractivity contribution is 0.0459. The van der Waals surface area contributed by atoms with Crippen LogP contribution in [-0.2, 0) is 0 Å². The summed E-state index contributed by atoms with van der Waals surface area (Å²) in [6, 6.07) is 40.6. The van der Waals surface area contributed by atoms with Gasteiger partial charge >= 0.3 is 0 Å². The van der Waals surface area contributed by atoms with Crippen LogP contribution in [0.3, 0.4) is 0 Å². The lowest BCUT2D eigenvalue weighted by Crippen LogP contribution is -2.47. The minimum absolute atomic E-state index is 0.00515. The van der Waals surface area contributed by atoms with Gasteiger partial charge in [-0.05, 0) is 188 Å². The second-order valence-electron chi connectivity index (χ2n) is 31.7. The smallest absolute Gasteiger partial charge is 0.275 e. The van der Waals surface area contributed by atoms with E-state index in [1.54, 1.807) is 55.8 Å². The first kappa shape index (κ1) is 76.8. The Kier molecular flexibility index (Phi) is 22.0. The summed E-state index contributed by atoms with van der Waals surface area (Å²) in [5.74, 6) is 5.13. The number of piperidine rings is 4. The molecule has 20 rings (SSSR count). The summed E-state index contributed by atoms with van der Waals surface area (Å²) in [5, 5.41) is 19.5. The molecule has 4 aliphatic heterocycles. The molecule has 13 heterocycles. The highest BCUT2D eigenvalue weighted by Crippen LogP contribution is 2.46. The van der Waals surface area contributed by atoms with Crippen LogP contribution >= 0.6 is 0 Å². The van der Waals surface area contributed by atoms with Gasteiger partial charge in [0.1, 0.15) is 47.0 Å². The summed E-state index contributed by atoms with van der Waals surface area (Å²) < 4.78 is 36.2. The molecule has 117 heavy (non-hydrogen) atoms. The lowest BCUT2D eigenvalue weighted by atomic mass is 10.0. The van der Waals surface area contributed by atoms with Crippen LogP contribution in [0.4, 0.5) is 0 Å². The second kappa shape index (κ2) is 33.6. The van der Waals surface area contributed by atoms with Crippen molar-refractivity contribution in [1.82, 2.24) is 84.5 Å². The summed E-state index contributed by atoms with van der Waals surface area (Å²) in [7, 11) is 0. The zero-order valence-electron chi connectivity index (χ0n) is 66.5. The van der Waals surface area contributed by atoms with Crippen LogP contribution in [0.2, 0.25) is 0 Å². The standard InChI is InChI=1S/2C24H25N3O3.C21H22N6O2.C21H21N5O2/c1-3-29-19-8-7-17-5-4-10-25-23(17)22(19)24(28)27-14-16-11-18(27)20(12-16)30-21-9-6-15(2)13-26-21;1-3-29-23-22(18-7-5-4-6-17(18)13-26-23)24(28)27-14-16-10-19(27)20(11-16)30-21-9-8-15(2)12-25-21;1-13-3-4-19(22-10-13)29-18-9-15-8-16(18)26(12-15)21(28)20-17(7-14(2)11-23-20)27-24-5-6-25-27;1-14-6-7-20(22-12-14)28-19-11-15-10-18(19)25(13-15)21(27)16-4-2-3-5-17(16)26-23-8-9-24-26/h4-10,13,16,18,20H,3,11-12,14H2,1-2H3;4-9,12-13,16,19-20H,3,10-11,14H2,1-2H3;3-7,10-11,15-16,18H,8-9,12H2,1-2H3;2-9,12,15,18-19H,10-11,13H2,1H3. The number of ether oxygens (including phenoxy) is 6. The third kappa shape index (κ3) is 16.2. The average Bonchev–Trinajstić information content (AvgIpc) is 1.57. The molecule has 0 N–H and O–H groups in total. The molecule has 8 bridgehead atoms. The zero-order valence-corrected chi connectivity index (χ0v) is 66.5. The number of carbonyl (C=O) groups excluding carboxylic acids is 4. The van der Waals surface area contributed by atoms with Crippen molar-refractivity contribution in [2.75, 3.05) is 39.4 Å². The number of nitrogens with zero attached hydrogens (tertiary/aromatic N) is 17. The fourth-order valence-electron chi connectivity index (χ4n) is 18.2. The van der Waals surface area contributed by atoms with E-state index < -0.39 is 0 Å². The van der Waals surface area contributed by atoms with Crippen molar-refractivity contribution in [2.24, 2.45) is 23.7 Å². The maximum Gasteiger partial charge on any atom is 0.275 e. The molecule has 4 aliphatic carbocycles. The van der Waals surface area contributed by atoms with Crippen molar-refractivity contribution in [3.63, 3.8) is 0 Å². The van der Waals surface area contributed by atoms with Gasteiger partial charge in [0.25, 0.3) is 23.6 Å². The number of para-hydroxylation sites is 1. The summed E-state index contributed by atoms with van der Waals surface area (Å²) in [6.07, 6.45) is 26.3. The quantitative estimate of drug-likeness (QED) is 0.0771. The van der Waals surface area contributed by atoms with Gasteiger partial charge in [-0.15, -0.1) is 4.80 Å². The Morgan fingerprint density at radius 3 is 1.26 bits per heavy atom. The molecule has 4 amide bonds. The Labute approximate surface area is 677 Å². The van der Waals surface area contributed by atoms with Gasteiger partial charge in [0.05, 0.1) is 78.9 Å². The molecule has 12 atom stereocenters. The van der Waals surface area contributed by atoms with Crippen LogP contribution in [0.15, 0.2) is 196 Å². The Morgan fingerprint density at radius 1 is 0.368 bits per heavy atom. The van der Waals surface area contributed by atoms with Crippen molar-refractivity contribution in [2.45, 2.75) is 148 Å². The summed E-state index contributed by atoms with van der Waals surface area (Å²) in [4.78, 5) is 95.8. The minimum atomic E-state index is -0.102. The van der Waals surface area contributed by atoms with Gasteiger partial charge in [-0.2, -0.15) is 25.2 Å². The molecule has 0 radical (unpaired) electrons. The van der Waals surface area contributed by atoms with Crippen LogP contribution in [0.5, 0.6) is 35.1 Å². The Bertz CT molecular complexity index is 5380. The monoisotopic (exact) mass is 1570 g/mol. The van der Waals surface area contributed by atoms with Crippen LogP contribution in [0, 0.1) is 58.3 Å². The minimum Gasteiger partial charge on any atom is -0.493 e. The van der Waals surface area contributed by atoms with Crippen molar-refractivity contribution in [1.29, 1.82) is 0 Å². The number of likely N-dealkylation sites (tertiary alicyclic amines) is 4. The molecule has 0 spiro atoms. The predicted molar refractivity (Wildman–Crippen MR) is 435 cm³/mol. The molecule has 598 valence electrons. The van der Waals surface area contributed by atoms with Gasteiger partial charge in [-0.25, -0.2) is 29.9 Å². The fraction of sp³-hybridized carbons (Fsp3) is 0.367.